The molecule has 1 aliphatic heterocycles. The highest BCUT2D eigenvalue weighted by Crippen LogP contribution is 2.58. The van der Waals surface area contributed by atoms with Crippen molar-refractivity contribution >= 4 is 0 Å². The summed E-state index contributed by atoms with van der Waals surface area (Å²) in [7, 11) is 0. The highest BCUT2D eigenvalue weighted by Gasteiger charge is 2.41. The number of aromatic hydroxyl groups is 1. The lowest BCUT2D eigenvalue weighted by molar-refractivity contribution is 0.0805. The van der Waals surface area contributed by atoms with Gasteiger partial charge >= 0.3 is 0 Å². The quantitative estimate of drug-likeness (QED) is 0.750. The van der Waals surface area contributed by atoms with E-state index in [4.69, 9.17) is 4.74 Å². The van der Waals surface area contributed by atoms with E-state index >= 15 is 0 Å². The Kier molecular flexibility index (Phi) is 2.47. The van der Waals surface area contributed by atoms with Gasteiger partial charge in [0, 0.05) is 16.7 Å². The van der Waals surface area contributed by atoms with Crippen molar-refractivity contribution in [1.29, 1.82) is 0 Å². The molecule has 20 heavy (non-hydrogen) atoms. The molecule has 1 saturated carbocycles. The molecule has 2 bridgehead atoms. The molecule has 2 heteroatoms. The molecule has 0 atom stereocenters. The minimum absolute atomic E-state index is 0.0686. The smallest absolute Gasteiger partial charge is 0.127 e. The fourth-order valence-electron chi connectivity index (χ4n) is 4.59. The summed E-state index contributed by atoms with van der Waals surface area (Å²) < 4.78 is 6.40. The van der Waals surface area contributed by atoms with E-state index in [0.717, 1.165) is 24.2 Å². The van der Waals surface area contributed by atoms with Gasteiger partial charge in [-0.25, -0.2) is 0 Å². The number of hydrogen-bond acceptors (Lipinski definition) is 2. The van der Waals surface area contributed by atoms with E-state index < -0.39 is 0 Å². The van der Waals surface area contributed by atoms with Gasteiger partial charge in [-0.3, -0.25) is 0 Å². The van der Waals surface area contributed by atoms with Crippen molar-refractivity contribution in [2.24, 2.45) is 0 Å². The zero-order valence-electron chi connectivity index (χ0n) is 12.8. The molecule has 0 saturated heterocycles. The van der Waals surface area contributed by atoms with E-state index in [1.165, 1.54) is 42.4 Å². The maximum absolute atomic E-state index is 10.7. The largest absolute Gasteiger partial charge is 0.507 e. The molecule has 1 fully saturated rings. The third-order valence-corrected chi connectivity index (χ3v) is 5.77. The minimum Gasteiger partial charge on any atom is -0.507 e. The van der Waals surface area contributed by atoms with Crippen LogP contribution in [-0.4, -0.2) is 10.7 Å². The highest BCUT2D eigenvalue weighted by molar-refractivity contribution is 5.63. The van der Waals surface area contributed by atoms with Crippen molar-refractivity contribution in [3.8, 4) is 11.5 Å². The molecule has 1 aromatic carbocycles. The minimum atomic E-state index is -0.0686. The summed E-state index contributed by atoms with van der Waals surface area (Å²) in [6.45, 7) is 6.44. The first kappa shape index (κ1) is 12.6. The number of rotatable bonds is 0. The van der Waals surface area contributed by atoms with E-state index in [2.05, 4.69) is 20.8 Å². The second kappa shape index (κ2) is 3.93. The Balaban J connectivity index is 1.99. The first-order valence-electron chi connectivity index (χ1n) is 8.05. The summed E-state index contributed by atoms with van der Waals surface area (Å²) in [5.74, 6) is 2.90. The molecule has 3 aliphatic carbocycles. The van der Waals surface area contributed by atoms with Crippen LogP contribution in [0.2, 0.25) is 0 Å². The lowest BCUT2D eigenvalue weighted by atomic mass is 9.65. The summed E-state index contributed by atoms with van der Waals surface area (Å²) >= 11 is 0. The van der Waals surface area contributed by atoms with Gasteiger partial charge in [0.1, 0.15) is 17.1 Å². The lowest BCUT2D eigenvalue weighted by Gasteiger charge is -2.44. The predicted octanol–water partition coefficient (Wildman–Crippen LogP) is 4.56. The molecular formula is C18H24O2. The second-order valence-electron chi connectivity index (χ2n) is 7.52. The number of phenolic OH excluding ortho intramolecular Hbond substituents is 1. The van der Waals surface area contributed by atoms with Crippen LogP contribution in [0.1, 0.15) is 80.0 Å². The molecule has 5 rings (SSSR count). The number of phenols is 1. The summed E-state index contributed by atoms with van der Waals surface area (Å²) in [6.07, 6.45) is 7.10. The van der Waals surface area contributed by atoms with Crippen LogP contribution in [0.15, 0.2) is 0 Å². The van der Waals surface area contributed by atoms with Crippen molar-refractivity contribution in [2.75, 3.05) is 0 Å². The molecule has 0 amide bonds. The lowest BCUT2D eigenvalue weighted by Crippen LogP contribution is -2.35. The van der Waals surface area contributed by atoms with E-state index in [0.29, 0.717) is 17.6 Å². The van der Waals surface area contributed by atoms with Crippen LogP contribution < -0.4 is 4.74 Å². The Morgan fingerprint density at radius 3 is 2.30 bits per heavy atom. The molecule has 1 N–H and O–H groups in total. The summed E-state index contributed by atoms with van der Waals surface area (Å²) in [5.41, 5.74) is 4.88. The number of ether oxygens (including phenoxy) is 1. The van der Waals surface area contributed by atoms with E-state index in [9.17, 15) is 5.11 Å². The van der Waals surface area contributed by atoms with Gasteiger partial charge in [-0.2, -0.15) is 0 Å². The normalized spacial score (nSPS) is 29.6. The maximum Gasteiger partial charge on any atom is 0.127 e. The number of benzene rings is 1. The van der Waals surface area contributed by atoms with Crippen LogP contribution in [0.25, 0.3) is 0 Å². The molecule has 0 spiro atoms. The van der Waals surface area contributed by atoms with Crippen LogP contribution in [0.3, 0.4) is 0 Å². The van der Waals surface area contributed by atoms with E-state index in [1.54, 1.807) is 0 Å². The Morgan fingerprint density at radius 1 is 1.05 bits per heavy atom. The van der Waals surface area contributed by atoms with Crippen LogP contribution in [0.4, 0.5) is 0 Å². The van der Waals surface area contributed by atoms with Crippen LogP contribution in [0.5, 0.6) is 11.5 Å². The summed E-state index contributed by atoms with van der Waals surface area (Å²) in [4.78, 5) is 0. The third kappa shape index (κ3) is 1.57. The molecule has 108 valence electrons. The maximum atomic E-state index is 10.7. The monoisotopic (exact) mass is 272 g/mol. The fraction of sp³-hybridized carbons (Fsp3) is 0.667. The molecule has 1 aromatic rings. The summed E-state index contributed by atoms with van der Waals surface area (Å²) in [6, 6.07) is 0. The van der Waals surface area contributed by atoms with E-state index in [-0.39, 0.29) is 5.60 Å². The van der Waals surface area contributed by atoms with Gasteiger partial charge in [-0.05, 0) is 76.7 Å². The van der Waals surface area contributed by atoms with Gasteiger partial charge < -0.3 is 9.84 Å². The standard InChI is InChI=1S/C18H24O2/c1-10-13-8-9-18(2,3)20-17(13)15-12-6-4-11(5-7-12)14(15)16(10)19/h11-12,19H,4-9H2,1-3H3. The van der Waals surface area contributed by atoms with Gasteiger partial charge in [0.2, 0.25) is 0 Å². The van der Waals surface area contributed by atoms with Crippen LogP contribution >= 0.6 is 0 Å². The Hall–Kier alpha value is -1.18. The predicted molar refractivity (Wildman–Crippen MR) is 79.8 cm³/mol. The van der Waals surface area contributed by atoms with Gasteiger partial charge in [0.25, 0.3) is 0 Å². The summed E-state index contributed by atoms with van der Waals surface area (Å²) in [5, 5.41) is 10.7. The van der Waals surface area contributed by atoms with Crippen molar-refractivity contribution in [3.63, 3.8) is 0 Å². The first-order chi connectivity index (χ1) is 9.48. The average molecular weight is 272 g/mol. The van der Waals surface area contributed by atoms with Crippen molar-refractivity contribution in [3.05, 3.63) is 22.3 Å². The van der Waals surface area contributed by atoms with Crippen molar-refractivity contribution < 1.29 is 9.84 Å². The third-order valence-electron chi connectivity index (χ3n) is 5.77. The Labute approximate surface area is 121 Å². The van der Waals surface area contributed by atoms with Crippen LogP contribution in [-0.2, 0) is 6.42 Å². The molecule has 1 heterocycles. The molecule has 0 aromatic heterocycles. The molecule has 2 nitrogen and oxygen atoms in total. The van der Waals surface area contributed by atoms with Gasteiger partial charge in [-0.15, -0.1) is 0 Å². The zero-order chi connectivity index (χ0) is 14.1. The SMILES string of the molecule is Cc1c(O)c2c(c3c1CCC(C)(C)O3)C1CCC2CC1. The Bertz CT molecular complexity index is 578. The molecular weight excluding hydrogens is 248 g/mol. The number of hydrogen-bond donors (Lipinski definition) is 1. The van der Waals surface area contributed by atoms with Gasteiger partial charge in [-0.1, -0.05) is 0 Å². The topological polar surface area (TPSA) is 29.5 Å². The second-order valence-corrected chi connectivity index (χ2v) is 7.52. The molecule has 0 unspecified atom stereocenters. The van der Waals surface area contributed by atoms with Crippen LogP contribution in [0, 0.1) is 6.92 Å². The van der Waals surface area contributed by atoms with Crippen molar-refractivity contribution in [1.82, 2.24) is 0 Å². The number of fused-ring (bicyclic) bond motifs is 3. The molecule has 4 aliphatic rings. The average Bonchev–Trinajstić information content (AvgIpc) is 2.44. The fourth-order valence-corrected chi connectivity index (χ4v) is 4.59. The van der Waals surface area contributed by atoms with Gasteiger partial charge in [0.05, 0.1) is 0 Å². The van der Waals surface area contributed by atoms with Crippen molar-refractivity contribution in [2.45, 2.75) is 76.7 Å². The zero-order valence-corrected chi connectivity index (χ0v) is 12.8. The van der Waals surface area contributed by atoms with E-state index in [1.807, 2.05) is 0 Å². The highest BCUT2D eigenvalue weighted by atomic mass is 16.5. The molecule has 0 radical (unpaired) electrons. The Morgan fingerprint density at radius 2 is 1.65 bits per heavy atom. The first-order valence-corrected chi connectivity index (χ1v) is 8.05. The van der Waals surface area contributed by atoms with Gasteiger partial charge in [0.15, 0.2) is 0 Å².